The third kappa shape index (κ3) is 1.31. The monoisotopic (exact) mass is 239 g/mol. The van der Waals surface area contributed by atoms with E-state index in [1.807, 2.05) is 6.07 Å². The molecule has 0 aliphatic heterocycles. The van der Waals surface area contributed by atoms with Crippen LogP contribution in [0.2, 0.25) is 0 Å². The third-order valence-corrected chi connectivity index (χ3v) is 2.25. The molecule has 0 amide bonds. The Balaban J connectivity index is 2.97. The van der Waals surface area contributed by atoms with Gasteiger partial charge in [0.05, 0.1) is 10.9 Å². The lowest BCUT2D eigenvalue weighted by Gasteiger charge is -1.97. The Morgan fingerprint density at radius 2 is 2.23 bits per heavy atom. The summed E-state index contributed by atoms with van der Waals surface area (Å²) in [6, 6.07) is 5.32. The molecular weight excluding hydrogens is 234 g/mol. The number of nitrogen functional groups attached to an aromatic ring is 1. The quantitative estimate of drug-likeness (QED) is 0.728. The molecule has 2 aromatic rings. The number of hydrogen-bond acceptors (Lipinski definition) is 3. The van der Waals surface area contributed by atoms with E-state index in [0.29, 0.717) is 10.9 Å². The van der Waals surface area contributed by atoms with Crippen molar-refractivity contribution in [2.75, 3.05) is 5.73 Å². The molecule has 1 heterocycles. The first kappa shape index (κ1) is 8.25. The second kappa shape index (κ2) is 2.85. The number of nitrogens with two attached hydrogens (primary N) is 1. The summed E-state index contributed by atoms with van der Waals surface area (Å²) in [5.41, 5.74) is 5.81. The molecule has 0 aliphatic carbocycles. The predicted molar refractivity (Wildman–Crippen MR) is 54.5 cm³/mol. The molecule has 0 spiro atoms. The Morgan fingerprint density at radius 1 is 1.46 bits per heavy atom. The highest BCUT2D eigenvalue weighted by Gasteiger charge is 2.02. The minimum atomic E-state index is -0.241. The van der Waals surface area contributed by atoms with Crippen molar-refractivity contribution in [3.05, 3.63) is 32.9 Å². The van der Waals surface area contributed by atoms with Crippen molar-refractivity contribution in [2.24, 2.45) is 0 Å². The predicted octanol–water partition coefficient (Wildman–Crippen LogP) is 1.27. The third-order valence-electron chi connectivity index (χ3n) is 1.76. The molecule has 0 atom stereocenters. The Kier molecular flexibility index (Phi) is 1.81. The Bertz CT molecular complexity index is 515. The second-order valence-corrected chi connectivity index (χ2v) is 3.54. The second-order valence-electron chi connectivity index (χ2n) is 2.63. The topological polar surface area (TPSA) is 71.8 Å². The molecule has 1 aromatic carbocycles. The molecule has 0 radical (unpaired) electrons. The van der Waals surface area contributed by atoms with Crippen LogP contribution in [0.1, 0.15) is 0 Å². The molecular formula is C8H6BrN3O. The zero-order valence-electron chi connectivity index (χ0n) is 6.54. The number of hydrogen-bond donors (Lipinski definition) is 2. The van der Waals surface area contributed by atoms with Crippen molar-refractivity contribution in [1.29, 1.82) is 0 Å². The van der Waals surface area contributed by atoms with E-state index in [0.717, 1.165) is 4.47 Å². The maximum atomic E-state index is 11.5. The number of halogens is 1. The van der Waals surface area contributed by atoms with E-state index >= 15 is 0 Å². The van der Waals surface area contributed by atoms with Gasteiger partial charge in [0.25, 0.3) is 0 Å². The van der Waals surface area contributed by atoms with Gasteiger partial charge in [-0.3, -0.25) is 9.89 Å². The van der Waals surface area contributed by atoms with E-state index in [1.54, 1.807) is 12.1 Å². The van der Waals surface area contributed by atoms with Crippen molar-refractivity contribution >= 4 is 32.7 Å². The van der Waals surface area contributed by atoms with Gasteiger partial charge in [-0.2, -0.15) is 5.10 Å². The van der Waals surface area contributed by atoms with E-state index in [4.69, 9.17) is 5.73 Å². The maximum absolute atomic E-state index is 11.5. The molecule has 66 valence electrons. The molecule has 0 aliphatic rings. The van der Waals surface area contributed by atoms with Gasteiger partial charge < -0.3 is 5.73 Å². The number of H-pyrrole nitrogens is 1. The van der Waals surface area contributed by atoms with Gasteiger partial charge >= 0.3 is 0 Å². The van der Waals surface area contributed by atoms with Crippen LogP contribution in [0.3, 0.4) is 0 Å². The largest absolute Gasteiger partial charge is 0.379 e. The SMILES string of the molecule is Nc1n[nH]c2ccc(Br)cc2c1=O. The van der Waals surface area contributed by atoms with Crippen molar-refractivity contribution in [1.82, 2.24) is 10.2 Å². The number of nitrogens with zero attached hydrogens (tertiary/aromatic N) is 1. The summed E-state index contributed by atoms with van der Waals surface area (Å²) in [5, 5.41) is 6.90. The highest BCUT2D eigenvalue weighted by molar-refractivity contribution is 9.10. The van der Waals surface area contributed by atoms with Gasteiger partial charge in [0.15, 0.2) is 5.82 Å². The lowest BCUT2D eigenvalue weighted by Crippen LogP contribution is -2.11. The number of fused-ring (bicyclic) bond motifs is 1. The van der Waals surface area contributed by atoms with Crippen LogP contribution >= 0.6 is 15.9 Å². The molecule has 3 N–H and O–H groups in total. The number of aromatic nitrogens is 2. The molecule has 0 unspecified atom stereocenters. The summed E-state index contributed by atoms with van der Waals surface area (Å²) in [7, 11) is 0. The molecule has 4 nitrogen and oxygen atoms in total. The smallest absolute Gasteiger partial charge is 0.231 e. The minimum absolute atomic E-state index is 0.00870. The zero-order valence-corrected chi connectivity index (χ0v) is 8.13. The molecule has 1 aromatic heterocycles. The van der Waals surface area contributed by atoms with Crippen LogP contribution in [0.5, 0.6) is 0 Å². The van der Waals surface area contributed by atoms with Gasteiger partial charge in [0, 0.05) is 4.47 Å². The van der Waals surface area contributed by atoms with Crippen molar-refractivity contribution in [2.45, 2.75) is 0 Å². The Hall–Kier alpha value is -1.36. The molecule has 0 bridgehead atoms. The number of nitrogens with one attached hydrogen (secondary N) is 1. The van der Waals surface area contributed by atoms with Crippen LogP contribution in [0.4, 0.5) is 5.82 Å². The zero-order chi connectivity index (χ0) is 9.42. The van der Waals surface area contributed by atoms with Crippen molar-refractivity contribution in [3.63, 3.8) is 0 Å². The van der Waals surface area contributed by atoms with Gasteiger partial charge in [-0.15, -0.1) is 0 Å². The standard InChI is InChI=1S/C8H6BrN3O/c9-4-1-2-6-5(3-4)7(13)8(10)12-11-6/h1-3H,(H2,10,12)(H,11,13). The Morgan fingerprint density at radius 3 is 3.00 bits per heavy atom. The van der Waals surface area contributed by atoms with Crippen LogP contribution in [-0.2, 0) is 0 Å². The van der Waals surface area contributed by atoms with Gasteiger partial charge in [0.1, 0.15) is 0 Å². The fourth-order valence-electron chi connectivity index (χ4n) is 1.11. The van der Waals surface area contributed by atoms with Crippen molar-refractivity contribution < 1.29 is 0 Å². The summed E-state index contributed by atoms with van der Waals surface area (Å²) >= 11 is 3.28. The highest BCUT2D eigenvalue weighted by atomic mass is 79.9. The maximum Gasteiger partial charge on any atom is 0.231 e. The summed E-state index contributed by atoms with van der Waals surface area (Å²) in [6.07, 6.45) is 0. The molecule has 2 rings (SSSR count). The summed E-state index contributed by atoms with van der Waals surface area (Å²) in [6.45, 7) is 0. The summed E-state index contributed by atoms with van der Waals surface area (Å²) < 4.78 is 0.844. The molecule has 5 heteroatoms. The van der Waals surface area contributed by atoms with E-state index in [1.165, 1.54) is 0 Å². The number of anilines is 1. The average molecular weight is 240 g/mol. The first-order valence-corrected chi connectivity index (χ1v) is 4.41. The number of aromatic amines is 1. The van der Waals surface area contributed by atoms with E-state index in [-0.39, 0.29) is 11.2 Å². The first-order chi connectivity index (χ1) is 6.18. The molecule has 0 fully saturated rings. The van der Waals surface area contributed by atoms with E-state index in [9.17, 15) is 4.79 Å². The first-order valence-electron chi connectivity index (χ1n) is 3.62. The lowest BCUT2D eigenvalue weighted by molar-refractivity contribution is 1.08. The number of rotatable bonds is 0. The summed E-state index contributed by atoms with van der Waals surface area (Å²) in [5.74, 6) is -0.00870. The van der Waals surface area contributed by atoms with Gasteiger partial charge in [0.2, 0.25) is 5.43 Å². The van der Waals surface area contributed by atoms with Crippen molar-refractivity contribution in [3.8, 4) is 0 Å². The summed E-state index contributed by atoms with van der Waals surface area (Å²) in [4.78, 5) is 11.5. The van der Waals surface area contributed by atoms with Crippen LogP contribution < -0.4 is 11.2 Å². The molecule has 0 saturated heterocycles. The molecule has 0 saturated carbocycles. The van der Waals surface area contributed by atoms with E-state index < -0.39 is 0 Å². The van der Waals surface area contributed by atoms with Gasteiger partial charge in [-0.05, 0) is 18.2 Å². The van der Waals surface area contributed by atoms with Crippen LogP contribution in [0, 0.1) is 0 Å². The van der Waals surface area contributed by atoms with Crippen LogP contribution in [-0.4, -0.2) is 10.2 Å². The number of benzene rings is 1. The van der Waals surface area contributed by atoms with Gasteiger partial charge in [-0.25, -0.2) is 0 Å². The molecule has 13 heavy (non-hydrogen) atoms. The lowest BCUT2D eigenvalue weighted by atomic mass is 10.2. The van der Waals surface area contributed by atoms with Crippen LogP contribution in [0.25, 0.3) is 10.9 Å². The minimum Gasteiger partial charge on any atom is -0.379 e. The fourth-order valence-corrected chi connectivity index (χ4v) is 1.47. The fraction of sp³-hybridized carbons (Fsp3) is 0. The van der Waals surface area contributed by atoms with E-state index in [2.05, 4.69) is 26.1 Å². The van der Waals surface area contributed by atoms with Crippen LogP contribution in [0.15, 0.2) is 27.5 Å². The normalized spacial score (nSPS) is 10.5. The average Bonchev–Trinajstić information content (AvgIpc) is 2.12. The Labute approximate surface area is 81.9 Å². The van der Waals surface area contributed by atoms with Gasteiger partial charge in [-0.1, -0.05) is 15.9 Å². The highest BCUT2D eigenvalue weighted by Crippen LogP contribution is 2.14.